The van der Waals surface area contributed by atoms with Crippen LogP contribution >= 0.6 is 9.47 Å². The van der Waals surface area contributed by atoms with Crippen molar-refractivity contribution in [2.45, 2.75) is 25.6 Å². The second-order valence-corrected chi connectivity index (χ2v) is 4.67. The van der Waals surface area contributed by atoms with Crippen LogP contribution in [-0.4, -0.2) is 35.6 Å². The molecule has 0 radical (unpaired) electrons. The molecule has 7 nitrogen and oxygen atoms in total. The van der Waals surface area contributed by atoms with Crippen molar-refractivity contribution in [2.75, 3.05) is 6.54 Å². The molecule has 1 rings (SSSR count). The maximum atomic E-state index is 11.7. The SMILES string of the molecule is C[C@H](O)C(=O)NCCC(=O)O[C@H](C(=O)OP)c1ccccc1. The molecule has 0 saturated heterocycles. The Morgan fingerprint density at radius 2 is 1.91 bits per heavy atom. The molecule has 0 saturated carbocycles. The number of amides is 1. The Morgan fingerprint density at radius 3 is 2.45 bits per heavy atom. The highest BCUT2D eigenvalue weighted by Crippen LogP contribution is 2.20. The minimum atomic E-state index is -1.17. The highest BCUT2D eigenvalue weighted by atomic mass is 31.0. The van der Waals surface area contributed by atoms with Gasteiger partial charge in [-0.1, -0.05) is 30.3 Å². The third kappa shape index (κ3) is 5.79. The molecule has 1 unspecified atom stereocenters. The Morgan fingerprint density at radius 1 is 1.27 bits per heavy atom. The third-order valence-corrected chi connectivity index (χ3v) is 2.92. The number of hydrogen-bond acceptors (Lipinski definition) is 6. The average molecular weight is 327 g/mol. The molecule has 0 spiro atoms. The van der Waals surface area contributed by atoms with Gasteiger partial charge < -0.3 is 19.7 Å². The van der Waals surface area contributed by atoms with Gasteiger partial charge in [0, 0.05) is 12.1 Å². The van der Waals surface area contributed by atoms with E-state index in [-0.39, 0.29) is 13.0 Å². The van der Waals surface area contributed by atoms with Crippen molar-refractivity contribution in [3.8, 4) is 0 Å². The maximum Gasteiger partial charge on any atom is 0.354 e. The van der Waals surface area contributed by atoms with Crippen LogP contribution in [0.3, 0.4) is 0 Å². The fourth-order valence-electron chi connectivity index (χ4n) is 1.57. The van der Waals surface area contributed by atoms with Crippen LogP contribution in [0.1, 0.15) is 25.0 Å². The zero-order chi connectivity index (χ0) is 16.5. The summed E-state index contributed by atoms with van der Waals surface area (Å²) in [5, 5.41) is 11.4. The summed E-state index contributed by atoms with van der Waals surface area (Å²) in [5.41, 5.74) is 0.483. The van der Waals surface area contributed by atoms with Gasteiger partial charge in [-0.05, 0) is 6.92 Å². The lowest BCUT2D eigenvalue weighted by molar-refractivity contribution is -0.162. The summed E-state index contributed by atoms with van der Waals surface area (Å²) in [6.45, 7) is 1.31. The molecule has 0 bridgehead atoms. The normalized spacial score (nSPS) is 12.9. The Bertz CT molecular complexity index is 519. The number of hydrogen-bond donors (Lipinski definition) is 2. The van der Waals surface area contributed by atoms with E-state index in [0.717, 1.165) is 0 Å². The fourth-order valence-corrected chi connectivity index (χ4v) is 1.69. The number of ether oxygens (including phenoxy) is 1. The molecule has 8 heteroatoms. The first-order valence-electron chi connectivity index (χ1n) is 6.56. The summed E-state index contributed by atoms with van der Waals surface area (Å²) in [5.74, 6) is -1.98. The van der Waals surface area contributed by atoms with Gasteiger partial charge in [0.15, 0.2) is 0 Å². The molecule has 22 heavy (non-hydrogen) atoms. The number of aliphatic hydroxyl groups is 1. The first-order chi connectivity index (χ1) is 10.5. The van der Waals surface area contributed by atoms with Crippen LogP contribution < -0.4 is 5.32 Å². The van der Waals surface area contributed by atoms with Crippen LogP contribution in [0.5, 0.6) is 0 Å². The lowest BCUT2D eigenvalue weighted by atomic mass is 10.1. The lowest BCUT2D eigenvalue weighted by Crippen LogP contribution is -2.34. The van der Waals surface area contributed by atoms with E-state index in [0.29, 0.717) is 5.56 Å². The highest BCUT2D eigenvalue weighted by molar-refractivity contribution is 7.10. The largest absolute Gasteiger partial charge is 0.449 e. The Hall–Kier alpha value is -1.98. The van der Waals surface area contributed by atoms with Gasteiger partial charge in [-0.2, -0.15) is 0 Å². The van der Waals surface area contributed by atoms with Crippen LogP contribution in [0.25, 0.3) is 0 Å². The molecular weight excluding hydrogens is 309 g/mol. The van der Waals surface area contributed by atoms with Crippen molar-refractivity contribution < 1.29 is 28.8 Å². The molecule has 2 N–H and O–H groups in total. The molecule has 0 aliphatic rings. The number of rotatable bonds is 7. The van der Waals surface area contributed by atoms with Gasteiger partial charge in [0.1, 0.15) is 6.10 Å². The smallest absolute Gasteiger partial charge is 0.354 e. The molecule has 0 heterocycles. The van der Waals surface area contributed by atoms with Gasteiger partial charge in [-0.15, -0.1) is 0 Å². The van der Waals surface area contributed by atoms with Crippen molar-refractivity contribution in [3.63, 3.8) is 0 Å². The number of aliphatic hydroxyl groups excluding tert-OH is 1. The zero-order valence-corrected chi connectivity index (χ0v) is 13.2. The van der Waals surface area contributed by atoms with Gasteiger partial charge in [0.25, 0.3) is 0 Å². The predicted molar refractivity (Wildman–Crippen MR) is 80.4 cm³/mol. The van der Waals surface area contributed by atoms with Gasteiger partial charge in [-0.25, -0.2) is 4.79 Å². The van der Waals surface area contributed by atoms with Crippen LogP contribution in [-0.2, 0) is 23.6 Å². The predicted octanol–water partition coefficient (Wildman–Crippen LogP) is 0.491. The topological polar surface area (TPSA) is 102 Å². The van der Waals surface area contributed by atoms with Gasteiger partial charge >= 0.3 is 11.9 Å². The molecule has 1 amide bonds. The minimum Gasteiger partial charge on any atom is -0.449 e. The summed E-state index contributed by atoms with van der Waals surface area (Å²) in [6, 6.07) is 8.44. The highest BCUT2D eigenvalue weighted by Gasteiger charge is 2.25. The Labute approximate surface area is 130 Å². The minimum absolute atomic E-state index is 0.00000102. The Kier molecular flexibility index (Phi) is 7.49. The lowest BCUT2D eigenvalue weighted by Gasteiger charge is -2.16. The van der Waals surface area contributed by atoms with Crippen molar-refractivity contribution in [3.05, 3.63) is 35.9 Å². The zero-order valence-electron chi connectivity index (χ0n) is 12.0. The number of benzene rings is 1. The molecule has 120 valence electrons. The summed E-state index contributed by atoms with van der Waals surface area (Å²) >= 11 is 0. The van der Waals surface area contributed by atoms with E-state index in [2.05, 4.69) is 9.84 Å². The third-order valence-electron chi connectivity index (χ3n) is 2.69. The van der Waals surface area contributed by atoms with E-state index in [1.807, 2.05) is 9.47 Å². The van der Waals surface area contributed by atoms with Crippen LogP contribution in [0.2, 0.25) is 0 Å². The summed E-state index contributed by atoms with van der Waals surface area (Å²) < 4.78 is 9.63. The molecule has 3 atom stereocenters. The van der Waals surface area contributed by atoms with Crippen LogP contribution in [0.15, 0.2) is 30.3 Å². The second-order valence-electron chi connectivity index (χ2n) is 4.43. The van der Waals surface area contributed by atoms with Crippen LogP contribution in [0, 0.1) is 0 Å². The van der Waals surface area contributed by atoms with Gasteiger partial charge in [0.2, 0.25) is 12.0 Å². The van der Waals surface area contributed by atoms with E-state index in [1.165, 1.54) is 6.92 Å². The fraction of sp³-hybridized carbons (Fsp3) is 0.357. The summed E-state index contributed by atoms with van der Waals surface area (Å²) in [4.78, 5) is 34.6. The quantitative estimate of drug-likeness (QED) is 0.558. The number of carbonyl (C=O) groups excluding carboxylic acids is 3. The summed E-state index contributed by atoms with van der Waals surface area (Å²) in [7, 11) is 1.81. The van der Waals surface area contributed by atoms with Crippen LogP contribution in [0.4, 0.5) is 0 Å². The molecule has 1 aromatic carbocycles. The van der Waals surface area contributed by atoms with Crippen molar-refractivity contribution >= 4 is 27.3 Å². The van der Waals surface area contributed by atoms with Gasteiger partial charge in [0.05, 0.1) is 15.9 Å². The average Bonchev–Trinajstić information content (AvgIpc) is 2.52. The van der Waals surface area contributed by atoms with Crippen molar-refractivity contribution in [1.29, 1.82) is 0 Å². The molecule has 0 aliphatic heterocycles. The first kappa shape index (κ1) is 18.1. The summed E-state index contributed by atoms with van der Waals surface area (Å²) in [6.07, 6.45) is -2.45. The molecule has 1 aromatic rings. The molecule has 0 aliphatic carbocycles. The maximum absolute atomic E-state index is 11.7. The second kappa shape index (κ2) is 9.12. The monoisotopic (exact) mass is 327 g/mol. The van der Waals surface area contributed by atoms with Crippen molar-refractivity contribution in [2.24, 2.45) is 0 Å². The molecule has 0 fully saturated rings. The van der Waals surface area contributed by atoms with E-state index in [1.54, 1.807) is 30.3 Å². The molecule has 0 aromatic heterocycles. The number of esters is 1. The standard InChI is InChI=1S/C14H18NO6P/c1-9(16)13(18)15-8-7-11(17)20-12(14(19)21-22)10-5-3-2-4-6-10/h2-6,9,12,16H,7-8,22H2,1H3,(H,15,18)/t9-,12-/m0/s1. The van der Waals surface area contributed by atoms with E-state index >= 15 is 0 Å². The van der Waals surface area contributed by atoms with E-state index in [9.17, 15) is 14.4 Å². The number of carbonyl (C=O) groups is 3. The molecular formula is C14H18NO6P. The van der Waals surface area contributed by atoms with E-state index < -0.39 is 30.1 Å². The van der Waals surface area contributed by atoms with Gasteiger partial charge in [-0.3, -0.25) is 9.59 Å². The first-order valence-corrected chi connectivity index (χ1v) is 7.03. The Balaban J connectivity index is 2.58. The van der Waals surface area contributed by atoms with Crippen molar-refractivity contribution in [1.82, 2.24) is 5.32 Å². The van der Waals surface area contributed by atoms with E-state index in [4.69, 9.17) is 9.84 Å². The number of nitrogens with one attached hydrogen (secondary N) is 1.